The molecule has 418 valence electrons. The van der Waals surface area contributed by atoms with Crippen LogP contribution in [-0.2, 0) is 0 Å². The third kappa shape index (κ3) is 7.23. The van der Waals surface area contributed by atoms with Crippen LogP contribution in [0.3, 0.4) is 0 Å². The zero-order valence-electron chi connectivity index (χ0n) is 48.4. The summed E-state index contributed by atoms with van der Waals surface area (Å²) in [7, 11) is 0. The molecule has 8 nitrogen and oxygen atoms in total. The van der Waals surface area contributed by atoms with Crippen molar-refractivity contribution in [3.63, 3.8) is 0 Å². The van der Waals surface area contributed by atoms with E-state index in [-0.39, 0.29) is 5.92 Å². The maximum atomic E-state index is 12.8. The molecule has 1 aliphatic heterocycles. The summed E-state index contributed by atoms with van der Waals surface area (Å²) in [5, 5.41) is 17.3. The van der Waals surface area contributed by atoms with E-state index in [1.54, 1.807) is 0 Å². The van der Waals surface area contributed by atoms with E-state index < -0.39 is 0 Å². The van der Waals surface area contributed by atoms with Crippen molar-refractivity contribution in [2.75, 3.05) is 0 Å². The van der Waals surface area contributed by atoms with Gasteiger partial charge in [-0.05, 0) is 129 Å². The Morgan fingerprint density at radius 3 is 1.32 bits per heavy atom. The molecule has 8 heteroatoms. The largest absolute Gasteiger partial charge is 0.308 e. The van der Waals surface area contributed by atoms with E-state index in [9.17, 15) is 5.26 Å². The summed E-state index contributed by atoms with van der Waals surface area (Å²) in [5.41, 5.74) is 24.5. The van der Waals surface area contributed by atoms with Crippen LogP contribution in [0.2, 0.25) is 0 Å². The van der Waals surface area contributed by atoms with Crippen molar-refractivity contribution in [3.05, 3.63) is 320 Å². The van der Waals surface area contributed by atoms with Gasteiger partial charge < -0.3 is 9.13 Å². The molecule has 1 aliphatic rings. The number of aromatic nitrogens is 7. The Labute approximate surface area is 516 Å². The molecule has 90 heavy (non-hydrogen) atoms. The number of benzene rings is 13. The second-order valence-corrected chi connectivity index (χ2v) is 23.6. The van der Waals surface area contributed by atoms with Gasteiger partial charge in [0.05, 0.1) is 83.7 Å². The van der Waals surface area contributed by atoms with Gasteiger partial charge in [-0.15, -0.1) is 0 Å². The fourth-order valence-electron chi connectivity index (χ4n) is 14.9. The summed E-state index contributed by atoms with van der Waals surface area (Å²) >= 11 is 0. The van der Waals surface area contributed by atoms with Crippen molar-refractivity contribution in [2.24, 2.45) is 0 Å². The number of imidazole rings is 3. The molecule has 6 heterocycles. The van der Waals surface area contributed by atoms with Crippen molar-refractivity contribution in [3.8, 4) is 73.3 Å². The minimum Gasteiger partial charge on any atom is -0.308 e. The first-order valence-corrected chi connectivity index (χ1v) is 30.6. The van der Waals surface area contributed by atoms with Gasteiger partial charge in [0, 0.05) is 38.4 Å². The lowest BCUT2D eigenvalue weighted by atomic mass is 9.86. The average molecular weight is 1150 g/mol. The van der Waals surface area contributed by atoms with Crippen LogP contribution < -0.4 is 0 Å². The number of hydrogen-bond donors (Lipinski definition) is 0. The standard InChI is InChI=1S/C82H50N8/c83-50-64-78(56-37-41-63-72(47-56)89-73-45-54(51-21-5-1-6-22-51)38-42-65(73)84-81(89)80(63)53-25-9-3-10-26-53)76(87-67-33-17-13-29-59(67)60-30-14-18-34-68(60)87)49-77(88-69-35-19-15-31-61(69)62-32-16-20-36-70(62)88)79(64)57-40-44-71-75(48-57)90-74-46-55(52-23-7-2-8-24-52)39-43-66(74)85-82(90)86(71)58-27-11-4-12-28-58/h1-49,80H. The van der Waals surface area contributed by atoms with Gasteiger partial charge in [-0.3, -0.25) is 13.5 Å². The summed E-state index contributed by atoms with van der Waals surface area (Å²) in [6.45, 7) is 0. The minimum atomic E-state index is -0.141. The van der Waals surface area contributed by atoms with Crippen molar-refractivity contribution in [1.29, 1.82) is 5.26 Å². The summed E-state index contributed by atoms with van der Waals surface area (Å²) in [6.07, 6.45) is 0. The lowest BCUT2D eigenvalue weighted by Gasteiger charge is -2.24. The van der Waals surface area contributed by atoms with Crippen LogP contribution in [0.5, 0.6) is 0 Å². The van der Waals surface area contributed by atoms with Gasteiger partial charge in [0.25, 0.3) is 0 Å². The Morgan fingerprint density at radius 2 is 0.767 bits per heavy atom. The van der Waals surface area contributed by atoms with Crippen molar-refractivity contribution in [2.45, 2.75) is 5.92 Å². The minimum absolute atomic E-state index is 0.141. The van der Waals surface area contributed by atoms with Crippen LogP contribution in [0, 0.1) is 11.3 Å². The van der Waals surface area contributed by atoms with E-state index in [4.69, 9.17) is 9.97 Å². The highest BCUT2D eigenvalue weighted by Gasteiger charge is 2.36. The summed E-state index contributed by atoms with van der Waals surface area (Å²) in [6, 6.07) is 109. The molecule has 0 N–H and O–H groups in total. The van der Waals surface area contributed by atoms with Gasteiger partial charge in [-0.1, -0.05) is 212 Å². The molecule has 1 unspecified atom stereocenters. The first-order chi connectivity index (χ1) is 44.6. The van der Waals surface area contributed by atoms with Gasteiger partial charge in [0.15, 0.2) is 0 Å². The Bertz CT molecular complexity index is 5930. The normalized spacial score (nSPS) is 13.0. The number of nitriles is 1. The van der Waals surface area contributed by atoms with Crippen molar-refractivity contribution in [1.82, 2.24) is 32.6 Å². The van der Waals surface area contributed by atoms with Crippen LogP contribution in [-0.4, -0.2) is 32.6 Å². The fourth-order valence-corrected chi connectivity index (χ4v) is 14.9. The first kappa shape index (κ1) is 49.9. The lowest BCUT2D eigenvalue weighted by Crippen LogP contribution is -2.07. The quantitative estimate of drug-likeness (QED) is 0.152. The first-order valence-electron chi connectivity index (χ1n) is 30.6. The molecule has 0 bridgehead atoms. The third-order valence-corrected chi connectivity index (χ3v) is 18.8. The molecule has 5 aromatic heterocycles. The van der Waals surface area contributed by atoms with Gasteiger partial charge in [0.1, 0.15) is 11.9 Å². The van der Waals surface area contributed by atoms with Crippen LogP contribution >= 0.6 is 0 Å². The SMILES string of the molecule is N#Cc1c(-c2ccc3c(c2)-n2c(nc4ccc(-c5ccccc5)cc42)C3c2ccccc2)c(-n2c3ccccc3c3ccccc32)cc(-n2c3ccccc3c3ccccc32)c1-c1ccc2c(c1)n1c3cc(-c4ccccc4)ccc3nc1n2-c1ccccc1. The molecular formula is C82H50N8. The van der Waals surface area contributed by atoms with E-state index in [2.05, 4.69) is 326 Å². The molecule has 0 amide bonds. The molecule has 0 saturated carbocycles. The molecule has 0 spiro atoms. The summed E-state index contributed by atoms with van der Waals surface area (Å²) < 4.78 is 11.8. The predicted molar refractivity (Wildman–Crippen MR) is 367 cm³/mol. The maximum Gasteiger partial charge on any atom is 0.220 e. The van der Waals surface area contributed by atoms with E-state index >= 15 is 0 Å². The Balaban J connectivity index is 0.964. The fraction of sp³-hybridized carbons (Fsp3) is 0.0122. The predicted octanol–water partition coefficient (Wildman–Crippen LogP) is 20.0. The second kappa shape index (κ2) is 19.3. The number of hydrogen-bond acceptors (Lipinski definition) is 3. The second-order valence-electron chi connectivity index (χ2n) is 23.6. The van der Waals surface area contributed by atoms with E-state index in [0.29, 0.717) is 5.56 Å². The molecule has 0 aliphatic carbocycles. The molecule has 18 aromatic rings. The smallest absolute Gasteiger partial charge is 0.220 e. The van der Waals surface area contributed by atoms with Crippen molar-refractivity contribution >= 4 is 82.5 Å². The number of fused-ring (bicyclic) bond motifs is 16. The summed E-state index contributed by atoms with van der Waals surface area (Å²) in [4.78, 5) is 10.9. The Morgan fingerprint density at radius 1 is 0.311 bits per heavy atom. The van der Waals surface area contributed by atoms with Crippen molar-refractivity contribution < 1.29 is 0 Å². The number of para-hydroxylation sites is 5. The zero-order chi connectivity index (χ0) is 59.1. The molecule has 13 aromatic carbocycles. The molecule has 19 rings (SSSR count). The molecule has 0 saturated heterocycles. The summed E-state index contributed by atoms with van der Waals surface area (Å²) in [5.74, 6) is 1.62. The third-order valence-electron chi connectivity index (χ3n) is 18.8. The molecular weight excluding hydrogens is 1100 g/mol. The van der Waals surface area contributed by atoms with Gasteiger partial charge in [-0.25, -0.2) is 9.97 Å². The Hall–Kier alpha value is -12.3. The number of nitrogens with zero attached hydrogens (tertiary/aromatic N) is 8. The van der Waals surface area contributed by atoms with E-state index in [1.807, 2.05) is 0 Å². The topological polar surface area (TPSA) is 73.7 Å². The molecule has 0 fully saturated rings. The van der Waals surface area contributed by atoms with E-state index in [1.165, 1.54) is 0 Å². The highest BCUT2D eigenvalue weighted by Crippen LogP contribution is 2.51. The highest BCUT2D eigenvalue weighted by atomic mass is 15.2. The van der Waals surface area contributed by atoms with Gasteiger partial charge in [0.2, 0.25) is 5.78 Å². The lowest BCUT2D eigenvalue weighted by molar-refractivity contribution is 0.910. The maximum absolute atomic E-state index is 12.8. The van der Waals surface area contributed by atoms with Crippen LogP contribution in [0.15, 0.2) is 297 Å². The monoisotopic (exact) mass is 1150 g/mol. The number of rotatable bonds is 8. The van der Waals surface area contributed by atoms with E-state index in [0.717, 1.165) is 167 Å². The Kier molecular flexibility index (Phi) is 10.7. The van der Waals surface area contributed by atoms with Crippen LogP contribution in [0.4, 0.5) is 0 Å². The zero-order valence-corrected chi connectivity index (χ0v) is 48.4. The average Bonchev–Trinajstić information content (AvgIpc) is 1.52. The molecule has 1 atom stereocenters. The van der Waals surface area contributed by atoms with Gasteiger partial charge >= 0.3 is 0 Å². The highest BCUT2D eigenvalue weighted by molar-refractivity contribution is 6.13. The molecule has 0 radical (unpaired) electrons. The van der Waals surface area contributed by atoms with Crippen LogP contribution in [0.25, 0.3) is 150 Å². The van der Waals surface area contributed by atoms with Gasteiger partial charge in [-0.2, -0.15) is 5.26 Å². The van der Waals surface area contributed by atoms with Crippen LogP contribution in [0.1, 0.15) is 28.4 Å².